The van der Waals surface area contributed by atoms with Crippen LogP contribution in [-0.2, 0) is 56.9 Å². The molecule has 33 atom stereocenters. The van der Waals surface area contributed by atoms with E-state index in [-0.39, 0.29) is 46.6 Å². The van der Waals surface area contributed by atoms with E-state index in [0.717, 1.165) is 25.7 Å². The van der Waals surface area contributed by atoms with E-state index < -0.39 is 203 Å². The molecule has 0 radical (unpaired) electrons. The fourth-order valence-corrected chi connectivity index (χ4v) is 17.9. The first-order valence-electron chi connectivity index (χ1n) is 30.4. The summed E-state index contributed by atoms with van der Waals surface area (Å²) in [4.78, 5) is 13.4. The Hall–Kier alpha value is -1.79. The van der Waals surface area contributed by atoms with Gasteiger partial charge in [0.15, 0.2) is 31.5 Å². The lowest BCUT2D eigenvalue weighted by molar-refractivity contribution is -0.394. The van der Waals surface area contributed by atoms with Gasteiger partial charge in [0.25, 0.3) is 0 Å². The summed E-state index contributed by atoms with van der Waals surface area (Å²) in [6.45, 7) is 10.2. The van der Waals surface area contributed by atoms with Crippen molar-refractivity contribution in [2.24, 2.45) is 50.2 Å². The quantitative estimate of drug-likeness (QED) is 0.0475. The van der Waals surface area contributed by atoms with Crippen molar-refractivity contribution in [1.82, 2.24) is 0 Å². The van der Waals surface area contributed by atoms with Crippen molar-refractivity contribution in [3.8, 4) is 0 Å². The monoisotopic (exact) mass is 1220 g/mol. The Bertz CT molecular complexity index is 2400. The van der Waals surface area contributed by atoms with Gasteiger partial charge in [-0.3, -0.25) is 4.79 Å². The van der Waals surface area contributed by atoms with E-state index in [9.17, 15) is 81.4 Å². The second-order valence-corrected chi connectivity index (χ2v) is 28.2. The Morgan fingerprint density at radius 1 is 0.553 bits per heavy atom. The average Bonchev–Trinajstić information content (AvgIpc) is 1.51. The molecule has 11 fully saturated rings. The summed E-state index contributed by atoms with van der Waals surface area (Å²) in [5, 5.41) is 164. The molecule has 5 aliphatic carbocycles. The van der Waals surface area contributed by atoms with Crippen molar-refractivity contribution >= 4 is 5.97 Å². The lowest BCUT2D eigenvalue weighted by Gasteiger charge is -2.71. The number of carbonyl (C=O) groups excluding carboxylic acids is 1. The highest BCUT2D eigenvalue weighted by Crippen LogP contribution is 2.76. The van der Waals surface area contributed by atoms with E-state index in [2.05, 4.69) is 40.7 Å². The fourth-order valence-electron chi connectivity index (χ4n) is 17.9. The van der Waals surface area contributed by atoms with Crippen molar-refractivity contribution in [3.05, 3.63) is 11.6 Å². The van der Waals surface area contributed by atoms with Gasteiger partial charge >= 0.3 is 5.97 Å². The van der Waals surface area contributed by atoms with Crippen LogP contribution in [0.2, 0.25) is 0 Å². The zero-order valence-corrected chi connectivity index (χ0v) is 49.0. The molecule has 0 aromatic rings. The summed E-state index contributed by atoms with van der Waals surface area (Å²) in [5.41, 5.74) is -1.21. The number of rotatable bonds is 13. The molecule has 12 rings (SSSR count). The fraction of sp³-hybridized carbons (Fsp3) is 0.948. The van der Waals surface area contributed by atoms with E-state index in [4.69, 9.17) is 52.1 Å². The van der Waals surface area contributed by atoms with Gasteiger partial charge < -0.3 is 129 Å². The van der Waals surface area contributed by atoms with Crippen LogP contribution in [0.5, 0.6) is 0 Å². The van der Waals surface area contributed by atoms with Gasteiger partial charge in [0.2, 0.25) is 0 Å². The number of esters is 1. The smallest absolute Gasteiger partial charge is 0.311 e. The van der Waals surface area contributed by atoms with Crippen LogP contribution in [0.1, 0.15) is 99.3 Å². The summed E-state index contributed by atoms with van der Waals surface area (Å²) >= 11 is 0. The second-order valence-electron chi connectivity index (χ2n) is 28.2. The third-order valence-corrected chi connectivity index (χ3v) is 23.4. The largest absolute Gasteiger partial charge is 0.465 e. The van der Waals surface area contributed by atoms with E-state index in [0.29, 0.717) is 32.1 Å². The number of aliphatic hydroxyl groups excluding tert-OH is 15. The van der Waals surface area contributed by atoms with E-state index >= 15 is 0 Å². The summed E-state index contributed by atoms with van der Waals surface area (Å²) in [6.07, 6.45) is -32.9. The van der Waals surface area contributed by atoms with Gasteiger partial charge in [-0.1, -0.05) is 46.3 Å². The molecule has 27 heteroatoms. The normalized spacial score (nSPS) is 55.9. The van der Waals surface area contributed by atoms with E-state index in [1.54, 1.807) is 0 Å². The summed E-state index contributed by atoms with van der Waals surface area (Å²) < 4.78 is 66.5. The third kappa shape index (κ3) is 10.5. The van der Waals surface area contributed by atoms with Gasteiger partial charge in [-0.2, -0.15) is 0 Å². The Balaban J connectivity index is 0.851. The van der Waals surface area contributed by atoms with Gasteiger partial charge in [-0.15, -0.1) is 0 Å². The highest BCUT2D eigenvalue weighted by Gasteiger charge is 2.72. The lowest BCUT2D eigenvalue weighted by Crippen LogP contribution is -2.67. The van der Waals surface area contributed by atoms with Gasteiger partial charge in [-0.05, 0) is 104 Å². The third-order valence-electron chi connectivity index (χ3n) is 23.4. The number of aliphatic hydroxyl groups is 15. The molecule has 12 aliphatic rings. The molecule has 0 unspecified atom stereocenters. The minimum Gasteiger partial charge on any atom is -0.465 e. The maximum Gasteiger partial charge on any atom is 0.311 e. The topological polar surface area (TPSA) is 422 Å². The van der Waals surface area contributed by atoms with Crippen LogP contribution in [-0.4, -0.2) is 276 Å². The molecular formula is C58H92O27. The minimum atomic E-state index is -2.03. The predicted octanol–water partition coefficient (Wildman–Crippen LogP) is -3.94. The summed E-state index contributed by atoms with van der Waals surface area (Å²) in [5.74, 6) is 0.0889. The molecule has 1 spiro atoms. The summed E-state index contributed by atoms with van der Waals surface area (Å²) in [6, 6.07) is 0. The second kappa shape index (κ2) is 23.7. The molecule has 27 nitrogen and oxygen atoms in total. The van der Waals surface area contributed by atoms with Crippen LogP contribution in [0.3, 0.4) is 0 Å². The number of hydrogen-bond donors (Lipinski definition) is 15. The van der Waals surface area contributed by atoms with Crippen LogP contribution >= 0.6 is 0 Å². The molecule has 4 saturated carbocycles. The molecule has 2 bridgehead atoms. The number of carbonyl (C=O) groups is 1. The van der Waals surface area contributed by atoms with E-state index in [1.807, 2.05) is 6.92 Å². The maximum absolute atomic E-state index is 13.4. The SMILES string of the molecule is CC1(C)[C@@H](O[C@@H]2OC[C@H](O[C@@H]3O[C@H](CO[C@@H]4O[C@H](CO)[C@@H](O)[C@H](O)[C@H]4O)[C@@H](O)[C@H](O)[C@H]3O[C@@H]3OC[C@H](O)[C@H](O)[C@H]3O)[C@H](O)[C@H]2O[C@@H]2O[C@H](CO)[C@@H](O)[C@H](O)[C@H]2O)CC[C@]2(C)[C@H]3CC=C4[C@@H]5C[C@]6(C)CC[C@]5(COC6=O)[C@H](O)C[C@@]4(C)[C@]3(C)CC[C@@H]12. The van der Waals surface area contributed by atoms with Gasteiger partial charge in [0.05, 0.1) is 57.3 Å². The number of hydrogen-bond acceptors (Lipinski definition) is 27. The molecule has 0 amide bonds. The minimum absolute atomic E-state index is 0.00873. The first-order chi connectivity index (χ1) is 40.0. The maximum atomic E-state index is 13.4. The highest BCUT2D eigenvalue weighted by molar-refractivity contribution is 5.77. The highest BCUT2D eigenvalue weighted by atomic mass is 16.8. The van der Waals surface area contributed by atoms with Crippen LogP contribution in [0.25, 0.3) is 0 Å². The Morgan fingerprint density at radius 2 is 1.15 bits per heavy atom. The summed E-state index contributed by atoms with van der Waals surface area (Å²) in [7, 11) is 0. The number of ether oxygens (including phenoxy) is 11. The van der Waals surface area contributed by atoms with Crippen LogP contribution in [0.15, 0.2) is 11.6 Å². The standard InChI is InChI=1S/C58H92O27/c1-53(2)30-9-12-56(5)31(8-7-23-24-15-54(3)13-14-58(24,22-78-52(54)74)32(62)16-57(23,56)6)55(30,4)11-10-33(53)83-50-45(85-49-44(73)40(69)36(65)27(18-60)80-49)38(67)29(21-77-50)82-51-46(84-48-42(71)34(63)25(61)19-75-48)41(70)37(66)28(81-51)20-76-47-43(72)39(68)35(64)26(17-59)79-47/h7,24-51,59-73H,8-22H2,1-6H3/t24-,25-,26+,27+,28+,29-,30-,31+,32+,33-,34-,35+,36+,37+,38-,39-,40-,41-,42+,43+,44+,45+,46+,47+,48-,49-,50-,51-,54-,55-,56+,57+,58+/m0/s1. The van der Waals surface area contributed by atoms with Gasteiger partial charge in [0.1, 0.15) is 110 Å². The number of fused-ring (bicyclic) bond motifs is 8. The first kappa shape index (κ1) is 64.7. The van der Waals surface area contributed by atoms with Crippen LogP contribution in [0, 0.1) is 50.2 Å². The molecule has 0 aromatic carbocycles. The van der Waals surface area contributed by atoms with E-state index in [1.165, 1.54) is 5.57 Å². The van der Waals surface area contributed by atoms with Gasteiger partial charge in [0, 0.05) is 5.41 Å². The van der Waals surface area contributed by atoms with Crippen molar-refractivity contribution in [3.63, 3.8) is 0 Å². The molecule has 0 aromatic heterocycles. The van der Waals surface area contributed by atoms with Crippen LogP contribution in [0.4, 0.5) is 0 Å². The van der Waals surface area contributed by atoms with Crippen LogP contribution < -0.4 is 0 Å². The zero-order valence-electron chi connectivity index (χ0n) is 49.0. The Kier molecular flexibility index (Phi) is 18.1. The van der Waals surface area contributed by atoms with Gasteiger partial charge in [-0.25, -0.2) is 0 Å². The molecule has 7 aliphatic heterocycles. The Labute approximate surface area is 492 Å². The van der Waals surface area contributed by atoms with Crippen molar-refractivity contribution in [2.45, 2.75) is 253 Å². The molecule has 7 saturated heterocycles. The average molecular weight is 1220 g/mol. The molecule has 85 heavy (non-hydrogen) atoms. The van der Waals surface area contributed by atoms with Crippen molar-refractivity contribution in [1.29, 1.82) is 0 Å². The number of allylic oxidation sites excluding steroid dienone is 2. The molecular weight excluding hydrogens is 1130 g/mol. The Morgan fingerprint density at radius 3 is 1.84 bits per heavy atom. The lowest BCUT2D eigenvalue weighted by atomic mass is 9.33. The first-order valence-corrected chi connectivity index (χ1v) is 30.4. The zero-order chi connectivity index (χ0) is 61.4. The van der Waals surface area contributed by atoms with Crippen molar-refractivity contribution in [2.75, 3.05) is 39.6 Å². The predicted molar refractivity (Wildman–Crippen MR) is 283 cm³/mol. The molecule has 7 heterocycles. The molecule has 15 N–H and O–H groups in total. The molecule has 486 valence electrons. The van der Waals surface area contributed by atoms with Crippen molar-refractivity contribution < 1.29 is 133 Å².